The normalized spacial score (nSPS) is 13.9. The zero-order valence-electron chi connectivity index (χ0n) is 4.21. The van der Waals surface area contributed by atoms with E-state index in [2.05, 4.69) is 5.73 Å². The molecule has 0 saturated heterocycles. The van der Waals surface area contributed by atoms with E-state index in [1.165, 1.54) is 0 Å². The van der Waals surface area contributed by atoms with E-state index in [0.29, 0.717) is 0 Å². The molecule has 0 aromatic carbocycles. The van der Waals surface area contributed by atoms with Gasteiger partial charge in [0.05, 0.1) is 6.54 Å². The second-order valence-electron chi connectivity index (χ2n) is 1.37. The number of hydrogen-bond donors (Lipinski definition) is 1. The van der Waals surface area contributed by atoms with Gasteiger partial charge < -0.3 is 20.1 Å². The summed E-state index contributed by atoms with van der Waals surface area (Å²) in [4.78, 5) is 19.1. The molecule has 0 aromatic rings. The first kappa shape index (κ1) is 8.97. The van der Waals surface area contributed by atoms with E-state index >= 15 is 0 Å². The van der Waals surface area contributed by atoms with E-state index in [4.69, 9.17) is 0 Å². The summed E-state index contributed by atoms with van der Waals surface area (Å²) < 4.78 is 32.8. The molecule has 0 saturated carbocycles. The second kappa shape index (κ2) is 2.30. The molecule has 0 spiro atoms. The lowest BCUT2D eigenvalue weighted by Crippen LogP contribution is -2.37. The lowest BCUT2D eigenvalue weighted by Gasteiger charge is -2.36. The molecule has 0 aliphatic rings. The quantitative estimate of drug-likeness (QED) is 0.494. The minimum absolute atomic E-state index is 1.46. The van der Waals surface area contributed by atoms with Gasteiger partial charge in [-0.1, -0.05) is 0 Å². The Kier molecular flexibility index (Phi) is 2.29. The van der Waals surface area contributed by atoms with Crippen molar-refractivity contribution in [3.63, 3.8) is 0 Å². The monoisotopic (exact) mass is 159 g/mol. The minimum Gasteiger partial charge on any atom is -0.807 e. The van der Waals surface area contributed by atoms with Crippen LogP contribution in [-0.4, -0.2) is 12.2 Å². The molecule has 0 atom stereocenters. The van der Waals surface area contributed by atoms with Gasteiger partial charge in [-0.05, 0) is 0 Å². The zero-order valence-corrected chi connectivity index (χ0v) is 5.11. The molecule has 0 aromatic heterocycles. The highest BCUT2D eigenvalue weighted by Crippen LogP contribution is 2.44. The van der Waals surface area contributed by atoms with Crippen LogP contribution >= 0.6 is 7.60 Å². The van der Waals surface area contributed by atoms with Crippen LogP contribution in [0.5, 0.6) is 0 Å². The van der Waals surface area contributed by atoms with Gasteiger partial charge in [0.25, 0.3) is 5.66 Å². The first-order chi connectivity index (χ1) is 3.81. The number of halogens is 2. The standard InChI is InChI=1S/C2H6F2NO3P/c3-2(4,1-5)9(6,7)8/h1,5H2,(H2,6,7,8)/p-2. The molecule has 0 fully saturated rings. The predicted molar refractivity (Wildman–Crippen MR) is 21.6 cm³/mol. The van der Waals surface area contributed by atoms with Crippen LogP contribution in [0.15, 0.2) is 0 Å². The van der Waals surface area contributed by atoms with Crippen molar-refractivity contribution in [1.29, 1.82) is 0 Å². The van der Waals surface area contributed by atoms with Crippen molar-refractivity contribution in [2.45, 2.75) is 5.66 Å². The zero-order chi connectivity index (χ0) is 7.71. The Morgan fingerprint density at radius 1 is 1.56 bits per heavy atom. The smallest absolute Gasteiger partial charge is 0.283 e. The Morgan fingerprint density at radius 2 is 1.89 bits per heavy atom. The van der Waals surface area contributed by atoms with Crippen LogP contribution in [0.4, 0.5) is 8.78 Å². The van der Waals surface area contributed by atoms with Crippen molar-refractivity contribution < 1.29 is 23.1 Å². The Labute approximate surface area is 49.8 Å². The first-order valence-corrected chi connectivity index (χ1v) is 3.45. The molecule has 0 amide bonds. The second-order valence-corrected chi connectivity index (χ2v) is 3.02. The van der Waals surface area contributed by atoms with Gasteiger partial charge >= 0.3 is 0 Å². The highest BCUT2D eigenvalue weighted by molar-refractivity contribution is 7.50. The highest BCUT2D eigenvalue weighted by Gasteiger charge is 2.31. The van der Waals surface area contributed by atoms with E-state index < -0.39 is 19.8 Å². The summed E-state index contributed by atoms with van der Waals surface area (Å²) in [5, 5.41) is 0. The summed E-state index contributed by atoms with van der Waals surface area (Å²) in [6.45, 7) is -1.46. The van der Waals surface area contributed by atoms with Crippen LogP contribution in [0.2, 0.25) is 0 Å². The number of nitrogens with two attached hydrogens (primary N) is 1. The maximum absolute atomic E-state index is 11.6. The van der Waals surface area contributed by atoms with Gasteiger partial charge in [-0.15, -0.1) is 0 Å². The molecular formula is C2H4F2NO3P-2. The molecule has 4 nitrogen and oxygen atoms in total. The lowest BCUT2D eigenvalue weighted by molar-refractivity contribution is -0.332. The molecule has 0 rings (SSSR count). The van der Waals surface area contributed by atoms with Gasteiger partial charge in [-0.3, -0.25) is 0 Å². The first-order valence-electron chi connectivity index (χ1n) is 1.91. The molecular weight excluding hydrogens is 155 g/mol. The molecule has 56 valence electrons. The number of rotatable bonds is 2. The van der Waals surface area contributed by atoms with Crippen LogP contribution < -0.4 is 15.5 Å². The summed E-state index contributed by atoms with van der Waals surface area (Å²) in [5.41, 5.74) is -0.0284. The topological polar surface area (TPSA) is 89.2 Å². The van der Waals surface area contributed by atoms with Crippen LogP contribution in [-0.2, 0) is 4.57 Å². The van der Waals surface area contributed by atoms with Crippen LogP contribution in [0.25, 0.3) is 0 Å². The fourth-order valence-electron chi connectivity index (χ4n) is 0.112. The molecule has 2 N–H and O–H groups in total. The summed E-state index contributed by atoms with van der Waals surface area (Å²) in [6.07, 6.45) is 0. The average Bonchev–Trinajstić information content (AvgIpc) is 1.64. The summed E-state index contributed by atoms with van der Waals surface area (Å²) >= 11 is 0. The van der Waals surface area contributed by atoms with E-state index in [-0.39, 0.29) is 0 Å². The molecule has 0 unspecified atom stereocenters. The molecule has 0 aliphatic heterocycles. The van der Waals surface area contributed by atoms with Crippen molar-refractivity contribution >= 4 is 7.60 Å². The van der Waals surface area contributed by atoms with E-state index in [1.54, 1.807) is 0 Å². The highest BCUT2D eigenvalue weighted by atomic mass is 31.2. The molecule has 0 bridgehead atoms. The van der Waals surface area contributed by atoms with Gasteiger partial charge in [0, 0.05) is 7.60 Å². The minimum atomic E-state index is -5.83. The molecule has 0 radical (unpaired) electrons. The van der Waals surface area contributed by atoms with Crippen molar-refractivity contribution in [1.82, 2.24) is 0 Å². The summed E-state index contributed by atoms with van der Waals surface area (Å²) in [5.74, 6) is 0. The van der Waals surface area contributed by atoms with Crippen molar-refractivity contribution in [2.75, 3.05) is 6.54 Å². The van der Waals surface area contributed by atoms with Crippen LogP contribution in [0.3, 0.4) is 0 Å². The molecule has 7 heteroatoms. The maximum Gasteiger partial charge on any atom is 0.283 e. The van der Waals surface area contributed by atoms with Gasteiger partial charge in [0.2, 0.25) is 0 Å². The third kappa shape index (κ3) is 1.98. The third-order valence-electron chi connectivity index (χ3n) is 0.646. The fourth-order valence-corrected chi connectivity index (χ4v) is 0.335. The van der Waals surface area contributed by atoms with E-state index in [9.17, 15) is 23.1 Å². The Balaban J connectivity index is 4.34. The average molecular weight is 159 g/mol. The van der Waals surface area contributed by atoms with Gasteiger partial charge in [0.15, 0.2) is 0 Å². The van der Waals surface area contributed by atoms with Gasteiger partial charge in [-0.2, -0.15) is 8.78 Å². The SMILES string of the molecule is NCC(F)(F)P(=O)([O-])[O-]. The Bertz CT molecular complexity index is 143. The van der Waals surface area contributed by atoms with Gasteiger partial charge in [0.1, 0.15) is 0 Å². The van der Waals surface area contributed by atoms with Crippen molar-refractivity contribution in [2.24, 2.45) is 5.73 Å². The third-order valence-corrected chi connectivity index (χ3v) is 1.63. The van der Waals surface area contributed by atoms with Crippen LogP contribution in [0.1, 0.15) is 0 Å². The number of hydrogen-bond acceptors (Lipinski definition) is 4. The van der Waals surface area contributed by atoms with E-state index in [0.717, 1.165) is 0 Å². The fraction of sp³-hybridized carbons (Fsp3) is 1.00. The van der Waals surface area contributed by atoms with Gasteiger partial charge in [-0.25, -0.2) is 0 Å². The molecule has 0 heterocycles. The maximum atomic E-state index is 11.6. The number of alkyl halides is 2. The largest absolute Gasteiger partial charge is 0.807 e. The summed E-state index contributed by atoms with van der Waals surface area (Å²) in [6, 6.07) is 0. The van der Waals surface area contributed by atoms with E-state index in [1.807, 2.05) is 0 Å². The van der Waals surface area contributed by atoms with Crippen LogP contribution in [0, 0.1) is 0 Å². The summed E-state index contributed by atoms with van der Waals surface area (Å²) in [7, 11) is -5.83. The molecule has 9 heavy (non-hydrogen) atoms. The lowest BCUT2D eigenvalue weighted by atomic mass is 10.7. The van der Waals surface area contributed by atoms with Crippen molar-refractivity contribution in [3.05, 3.63) is 0 Å². The Morgan fingerprint density at radius 3 is 1.89 bits per heavy atom. The van der Waals surface area contributed by atoms with Crippen molar-refractivity contribution in [3.8, 4) is 0 Å². The molecule has 0 aliphatic carbocycles. The Hall–Kier alpha value is -0.0300. The predicted octanol–water partition coefficient (Wildman–Crippen LogP) is -1.55.